The van der Waals surface area contributed by atoms with E-state index in [1.165, 1.54) is 17.6 Å². The van der Waals surface area contributed by atoms with Gasteiger partial charge in [0.05, 0.1) is 23.7 Å². The number of aromatic nitrogens is 2. The number of carbonyl (C=O) groups excluding carboxylic acids is 3. The minimum Gasteiger partial charge on any atom is -0.390 e. The molecule has 1 unspecified atom stereocenters. The number of hydroxylamine groups is 1. The molecule has 0 aliphatic rings. The smallest absolute Gasteiger partial charge is 0.264 e. The molecule has 12 nitrogen and oxygen atoms in total. The van der Waals surface area contributed by atoms with Crippen molar-refractivity contribution in [1.82, 2.24) is 25.1 Å². The first-order valence-electron chi connectivity index (χ1n) is 14.9. The van der Waals surface area contributed by atoms with Gasteiger partial charge in [-0.3, -0.25) is 19.6 Å². The highest BCUT2D eigenvalue weighted by Crippen LogP contribution is 2.28. The van der Waals surface area contributed by atoms with E-state index in [1.807, 2.05) is 21.4 Å². The molecule has 0 spiro atoms. The number of sulfonamides is 1. The van der Waals surface area contributed by atoms with Crippen LogP contribution in [-0.4, -0.2) is 52.5 Å². The number of halogens is 1. The van der Waals surface area contributed by atoms with E-state index in [9.17, 15) is 27.9 Å². The predicted octanol–water partition coefficient (Wildman–Crippen LogP) is 3.37. The highest BCUT2D eigenvalue weighted by atomic mass is 35.5. The van der Waals surface area contributed by atoms with Crippen LogP contribution in [0.5, 0.6) is 0 Å². The third-order valence-electron chi connectivity index (χ3n) is 7.49. The maximum atomic E-state index is 13.3. The Kier molecular flexibility index (Phi) is 12.3. The molecule has 248 valence electrons. The van der Waals surface area contributed by atoms with Gasteiger partial charge in [-0.2, -0.15) is 0 Å². The standard InChI is InChI=1S/C33H36ClN5O7S/c1-2-3-13-29-36-31(34)27(21-40)39(29)20-23-14-16-24(17-15-23)25-11-7-8-12-28(25)47(45,46)38-30(41)19-35-32(42)26(33(43)37-44)18-22-9-5-4-6-10-22/h4-12,14-17,26,40,44H,2-3,13,18-21H2,1H3,(H,35,42)(H,37,43)(H,38,41). The summed E-state index contributed by atoms with van der Waals surface area (Å²) in [6.45, 7) is 1.49. The fourth-order valence-corrected chi connectivity index (χ4v) is 6.52. The summed E-state index contributed by atoms with van der Waals surface area (Å²) in [6.07, 6.45) is 2.55. The Morgan fingerprint density at radius 2 is 1.62 bits per heavy atom. The van der Waals surface area contributed by atoms with E-state index >= 15 is 0 Å². The van der Waals surface area contributed by atoms with Crippen molar-refractivity contribution in [3.63, 3.8) is 0 Å². The van der Waals surface area contributed by atoms with Crippen molar-refractivity contribution in [2.45, 2.75) is 50.7 Å². The number of benzene rings is 3. The number of imidazole rings is 1. The number of aliphatic hydroxyl groups excluding tert-OH is 1. The van der Waals surface area contributed by atoms with E-state index in [2.05, 4.69) is 17.2 Å². The van der Waals surface area contributed by atoms with E-state index in [0.717, 1.165) is 24.2 Å². The average molecular weight is 682 g/mol. The van der Waals surface area contributed by atoms with Gasteiger partial charge in [0.2, 0.25) is 5.91 Å². The van der Waals surface area contributed by atoms with Crippen molar-refractivity contribution >= 4 is 39.3 Å². The molecule has 4 rings (SSSR count). The summed E-state index contributed by atoms with van der Waals surface area (Å²) in [5, 5.41) is 21.5. The number of unbranched alkanes of at least 4 members (excludes halogenated alkanes) is 1. The molecule has 0 radical (unpaired) electrons. The molecule has 0 aliphatic carbocycles. The second-order valence-electron chi connectivity index (χ2n) is 10.8. The van der Waals surface area contributed by atoms with Crippen molar-refractivity contribution in [2.75, 3.05) is 6.54 Å². The highest BCUT2D eigenvalue weighted by molar-refractivity contribution is 7.90. The summed E-state index contributed by atoms with van der Waals surface area (Å²) in [6, 6.07) is 22.0. The first kappa shape index (κ1) is 35.3. The van der Waals surface area contributed by atoms with Crippen LogP contribution in [0.3, 0.4) is 0 Å². The van der Waals surface area contributed by atoms with E-state index in [-0.39, 0.29) is 23.1 Å². The Balaban J connectivity index is 1.46. The number of hydrogen-bond acceptors (Lipinski definition) is 8. The lowest BCUT2D eigenvalue weighted by molar-refractivity contribution is -0.141. The fourth-order valence-electron chi connectivity index (χ4n) is 5.04. The average Bonchev–Trinajstić information content (AvgIpc) is 3.38. The summed E-state index contributed by atoms with van der Waals surface area (Å²) in [7, 11) is -4.38. The SMILES string of the molecule is CCCCc1nc(Cl)c(CO)n1Cc1ccc(-c2ccccc2S(=O)(=O)NC(=O)CNC(=O)C(Cc2ccccc2)C(=O)NO)cc1. The van der Waals surface area contributed by atoms with Crippen LogP contribution >= 0.6 is 11.6 Å². The van der Waals surface area contributed by atoms with Gasteiger partial charge in [0.15, 0.2) is 5.15 Å². The minimum absolute atomic E-state index is 0.0518. The Bertz CT molecular complexity index is 1810. The zero-order chi connectivity index (χ0) is 34.0. The minimum atomic E-state index is -4.38. The van der Waals surface area contributed by atoms with Crippen LogP contribution in [0.25, 0.3) is 11.1 Å². The van der Waals surface area contributed by atoms with E-state index in [0.29, 0.717) is 35.3 Å². The Morgan fingerprint density at radius 1 is 0.936 bits per heavy atom. The van der Waals surface area contributed by atoms with E-state index in [4.69, 9.17) is 16.8 Å². The maximum absolute atomic E-state index is 13.3. The lowest BCUT2D eigenvalue weighted by atomic mass is 9.98. The van der Waals surface area contributed by atoms with Gasteiger partial charge in [0.1, 0.15) is 11.7 Å². The first-order valence-corrected chi connectivity index (χ1v) is 16.8. The number of nitrogens with one attached hydrogen (secondary N) is 3. The maximum Gasteiger partial charge on any atom is 0.264 e. The lowest BCUT2D eigenvalue weighted by Gasteiger charge is -2.16. The molecular formula is C33H36ClN5O7S. The summed E-state index contributed by atoms with van der Waals surface area (Å²) in [5.74, 6) is -3.45. The van der Waals surface area contributed by atoms with Crippen LogP contribution < -0.4 is 15.5 Å². The van der Waals surface area contributed by atoms with Crippen molar-refractivity contribution < 1.29 is 33.1 Å². The third-order valence-corrected chi connectivity index (χ3v) is 9.22. The van der Waals surface area contributed by atoms with Gasteiger partial charge in [-0.15, -0.1) is 0 Å². The topological polar surface area (TPSA) is 180 Å². The number of aliphatic hydroxyl groups is 1. The Morgan fingerprint density at radius 3 is 2.28 bits per heavy atom. The predicted molar refractivity (Wildman–Crippen MR) is 175 cm³/mol. The third kappa shape index (κ3) is 9.04. The van der Waals surface area contributed by atoms with Crippen LogP contribution in [0.1, 0.15) is 42.4 Å². The molecule has 0 saturated carbocycles. The molecule has 0 saturated heterocycles. The van der Waals surface area contributed by atoms with Crippen molar-refractivity contribution in [2.24, 2.45) is 5.92 Å². The molecule has 1 aromatic heterocycles. The molecule has 4 aromatic rings. The molecule has 0 aliphatic heterocycles. The molecule has 14 heteroatoms. The second-order valence-corrected chi connectivity index (χ2v) is 12.8. The zero-order valence-corrected chi connectivity index (χ0v) is 27.2. The number of rotatable bonds is 15. The van der Waals surface area contributed by atoms with Crippen LogP contribution in [0.2, 0.25) is 5.15 Å². The molecule has 0 fully saturated rings. The molecule has 1 atom stereocenters. The molecule has 0 bridgehead atoms. The summed E-state index contributed by atoms with van der Waals surface area (Å²) in [4.78, 5) is 41.8. The van der Waals surface area contributed by atoms with E-state index < -0.39 is 40.2 Å². The number of nitrogens with zero attached hydrogens (tertiary/aromatic N) is 2. The van der Waals surface area contributed by atoms with Gasteiger partial charge < -0.3 is 15.0 Å². The van der Waals surface area contributed by atoms with Gasteiger partial charge >= 0.3 is 0 Å². The Hall–Kier alpha value is -4.56. The van der Waals surface area contributed by atoms with Gasteiger partial charge in [-0.1, -0.05) is 97.7 Å². The molecule has 3 aromatic carbocycles. The lowest BCUT2D eigenvalue weighted by Crippen LogP contribution is -2.45. The summed E-state index contributed by atoms with van der Waals surface area (Å²) in [5.41, 5.74) is 4.41. The van der Waals surface area contributed by atoms with Crippen LogP contribution in [0, 0.1) is 5.92 Å². The first-order chi connectivity index (χ1) is 22.6. The van der Waals surface area contributed by atoms with Gasteiger partial charge in [0.25, 0.3) is 21.8 Å². The monoisotopic (exact) mass is 681 g/mol. The quantitative estimate of drug-likeness (QED) is 0.0720. The number of aryl methyl sites for hydroxylation is 1. The summed E-state index contributed by atoms with van der Waals surface area (Å²) < 4.78 is 30.5. The van der Waals surface area contributed by atoms with Gasteiger partial charge in [-0.25, -0.2) is 23.6 Å². The van der Waals surface area contributed by atoms with Gasteiger partial charge in [0, 0.05) is 18.5 Å². The molecule has 5 N–H and O–H groups in total. The molecule has 1 heterocycles. The largest absolute Gasteiger partial charge is 0.390 e. The van der Waals surface area contributed by atoms with Crippen LogP contribution in [-0.2, 0) is 50.4 Å². The van der Waals surface area contributed by atoms with Crippen LogP contribution in [0.4, 0.5) is 0 Å². The van der Waals surface area contributed by atoms with E-state index in [1.54, 1.807) is 54.6 Å². The second kappa shape index (κ2) is 16.3. The highest BCUT2D eigenvalue weighted by Gasteiger charge is 2.28. The molecular weight excluding hydrogens is 646 g/mol. The fraction of sp³-hybridized carbons (Fsp3) is 0.273. The number of carbonyl (C=O) groups is 3. The van der Waals surface area contributed by atoms with Crippen molar-refractivity contribution in [3.8, 4) is 11.1 Å². The molecule has 47 heavy (non-hydrogen) atoms. The van der Waals surface area contributed by atoms with Gasteiger partial charge in [-0.05, 0) is 35.6 Å². The number of hydrogen-bond donors (Lipinski definition) is 5. The number of amides is 3. The van der Waals surface area contributed by atoms with Crippen LogP contribution in [0.15, 0.2) is 83.8 Å². The normalized spacial score (nSPS) is 11.9. The Labute approximate surface area is 277 Å². The van der Waals surface area contributed by atoms with Crippen molar-refractivity contribution in [3.05, 3.63) is 107 Å². The van der Waals surface area contributed by atoms with Crippen molar-refractivity contribution in [1.29, 1.82) is 0 Å². The summed E-state index contributed by atoms with van der Waals surface area (Å²) >= 11 is 6.27. The molecule has 3 amide bonds. The zero-order valence-electron chi connectivity index (χ0n) is 25.6.